The lowest BCUT2D eigenvalue weighted by Crippen LogP contribution is -2.28. The molecule has 1 atom stereocenters. The highest BCUT2D eigenvalue weighted by molar-refractivity contribution is 8.18. The van der Waals surface area contributed by atoms with Gasteiger partial charge < -0.3 is 10.1 Å². The van der Waals surface area contributed by atoms with Crippen molar-refractivity contribution in [2.75, 3.05) is 18.4 Å². The Balaban J connectivity index is 1.66. The number of ether oxygens (including phenoxy) is 1. The largest absolute Gasteiger partial charge is 0.471 e. The monoisotopic (exact) mass is 410 g/mol. The van der Waals surface area contributed by atoms with Gasteiger partial charge in [-0.25, -0.2) is 4.98 Å². The minimum absolute atomic E-state index is 0.00794. The first-order chi connectivity index (χ1) is 14.0. The summed E-state index contributed by atoms with van der Waals surface area (Å²) in [5.74, 6) is 1.56. The van der Waals surface area contributed by atoms with Crippen molar-refractivity contribution in [2.24, 2.45) is 4.99 Å². The number of rotatable bonds is 7. The number of amidine groups is 1. The standard InChI is InChI=1S/C22H26N4O2S/c1-5-23-22-26(6-2)21(27)19(29-22)14-17-9-11-18(12-10-17)28-16(4)25-20-15(3)8-7-13-24-20/h7-14,16H,5-6H2,1-4H3,(H,24,25)/b19-14-,23-22?. The number of thioether (sulfide) groups is 1. The normalized spacial score (nSPS) is 17.8. The zero-order valence-electron chi connectivity index (χ0n) is 17.2. The van der Waals surface area contributed by atoms with E-state index < -0.39 is 0 Å². The number of amides is 1. The van der Waals surface area contributed by atoms with Gasteiger partial charge in [-0.1, -0.05) is 18.2 Å². The highest BCUT2D eigenvalue weighted by Gasteiger charge is 2.31. The summed E-state index contributed by atoms with van der Waals surface area (Å²) in [5.41, 5.74) is 2.01. The average molecular weight is 411 g/mol. The summed E-state index contributed by atoms with van der Waals surface area (Å²) in [7, 11) is 0. The van der Waals surface area contributed by atoms with E-state index in [4.69, 9.17) is 4.74 Å². The molecule has 0 spiro atoms. The Bertz CT molecular complexity index is 925. The fourth-order valence-corrected chi connectivity index (χ4v) is 4.00. The summed E-state index contributed by atoms with van der Waals surface area (Å²) in [4.78, 5) is 23.7. The van der Waals surface area contributed by atoms with Crippen LogP contribution in [0.15, 0.2) is 52.5 Å². The van der Waals surface area contributed by atoms with Gasteiger partial charge in [0.05, 0.1) is 4.91 Å². The molecule has 7 heteroatoms. The van der Waals surface area contributed by atoms with Gasteiger partial charge in [0.15, 0.2) is 11.4 Å². The molecule has 0 saturated carbocycles. The number of likely N-dealkylation sites (N-methyl/N-ethyl adjacent to an activating group) is 1. The minimum Gasteiger partial charge on any atom is -0.471 e. The molecule has 0 radical (unpaired) electrons. The fourth-order valence-electron chi connectivity index (χ4n) is 2.90. The molecule has 1 aliphatic rings. The Morgan fingerprint density at radius 3 is 2.69 bits per heavy atom. The Labute approximate surface area is 176 Å². The van der Waals surface area contributed by atoms with E-state index >= 15 is 0 Å². The van der Waals surface area contributed by atoms with Gasteiger partial charge in [0, 0.05) is 19.3 Å². The number of aryl methyl sites for hydroxylation is 1. The van der Waals surface area contributed by atoms with E-state index in [0.29, 0.717) is 18.0 Å². The Kier molecular flexibility index (Phi) is 6.93. The van der Waals surface area contributed by atoms with Crippen molar-refractivity contribution in [2.45, 2.75) is 33.9 Å². The predicted octanol–water partition coefficient (Wildman–Crippen LogP) is 4.54. The molecule has 0 bridgehead atoms. The molecule has 1 aromatic carbocycles. The number of nitrogens with zero attached hydrogens (tertiary/aromatic N) is 3. The number of hydrogen-bond donors (Lipinski definition) is 1. The van der Waals surface area contributed by atoms with E-state index in [0.717, 1.165) is 27.9 Å². The maximum atomic E-state index is 12.6. The summed E-state index contributed by atoms with van der Waals surface area (Å²) in [5, 5.41) is 4.03. The molecule has 152 valence electrons. The summed E-state index contributed by atoms with van der Waals surface area (Å²) < 4.78 is 5.93. The first kappa shape index (κ1) is 20.9. The molecule has 1 fully saturated rings. The van der Waals surface area contributed by atoms with Crippen LogP contribution in [-0.2, 0) is 4.79 Å². The summed E-state index contributed by atoms with van der Waals surface area (Å²) in [6.45, 7) is 9.15. The minimum atomic E-state index is -0.231. The van der Waals surface area contributed by atoms with Crippen molar-refractivity contribution in [3.63, 3.8) is 0 Å². The quantitative estimate of drug-likeness (QED) is 0.536. The number of aliphatic imine (C=N–C) groups is 1. The van der Waals surface area contributed by atoms with Crippen molar-refractivity contribution >= 4 is 34.7 Å². The number of benzene rings is 1. The van der Waals surface area contributed by atoms with Crippen molar-refractivity contribution in [1.29, 1.82) is 0 Å². The van der Waals surface area contributed by atoms with E-state index in [-0.39, 0.29) is 12.1 Å². The molecule has 1 aromatic heterocycles. The second-order valence-corrected chi connectivity index (χ2v) is 7.57. The zero-order chi connectivity index (χ0) is 20.8. The number of hydrogen-bond acceptors (Lipinski definition) is 6. The molecular formula is C22H26N4O2S. The van der Waals surface area contributed by atoms with Crippen LogP contribution in [0.5, 0.6) is 5.75 Å². The molecule has 0 aliphatic carbocycles. The Morgan fingerprint density at radius 2 is 2.03 bits per heavy atom. The van der Waals surface area contributed by atoms with Crippen LogP contribution in [0.4, 0.5) is 5.82 Å². The van der Waals surface area contributed by atoms with Crippen LogP contribution in [0.3, 0.4) is 0 Å². The molecule has 1 saturated heterocycles. The number of anilines is 1. The topological polar surface area (TPSA) is 66.8 Å². The van der Waals surface area contributed by atoms with Crippen LogP contribution >= 0.6 is 11.8 Å². The number of nitrogens with one attached hydrogen (secondary N) is 1. The van der Waals surface area contributed by atoms with E-state index in [2.05, 4.69) is 15.3 Å². The van der Waals surface area contributed by atoms with Gasteiger partial charge in [-0.3, -0.25) is 14.7 Å². The van der Waals surface area contributed by atoms with E-state index in [1.54, 1.807) is 11.1 Å². The molecule has 1 amide bonds. The number of pyridine rings is 1. The third kappa shape index (κ3) is 5.17. The lowest BCUT2D eigenvalue weighted by Gasteiger charge is -2.18. The molecular weight excluding hydrogens is 384 g/mol. The lowest BCUT2D eigenvalue weighted by molar-refractivity contribution is -0.122. The molecule has 2 heterocycles. The van der Waals surface area contributed by atoms with Gasteiger partial charge in [-0.15, -0.1) is 0 Å². The van der Waals surface area contributed by atoms with Crippen LogP contribution in [0.2, 0.25) is 0 Å². The fraction of sp³-hybridized carbons (Fsp3) is 0.318. The van der Waals surface area contributed by atoms with Crippen molar-refractivity contribution in [3.8, 4) is 5.75 Å². The molecule has 1 N–H and O–H groups in total. The van der Waals surface area contributed by atoms with E-state index in [1.165, 1.54) is 11.8 Å². The first-order valence-corrected chi connectivity index (χ1v) is 10.5. The predicted molar refractivity (Wildman–Crippen MR) is 120 cm³/mol. The van der Waals surface area contributed by atoms with Crippen LogP contribution in [0.1, 0.15) is 31.9 Å². The first-order valence-electron chi connectivity index (χ1n) is 9.72. The Hall–Kier alpha value is -2.80. The van der Waals surface area contributed by atoms with Gasteiger partial charge in [-0.05, 0) is 74.9 Å². The van der Waals surface area contributed by atoms with Crippen LogP contribution in [0, 0.1) is 6.92 Å². The van der Waals surface area contributed by atoms with Crippen molar-refractivity contribution in [1.82, 2.24) is 9.88 Å². The maximum Gasteiger partial charge on any atom is 0.266 e. The highest BCUT2D eigenvalue weighted by Crippen LogP contribution is 2.32. The number of aromatic nitrogens is 1. The van der Waals surface area contributed by atoms with Gasteiger partial charge in [0.2, 0.25) is 0 Å². The van der Waals surface area contributed by atoms with Gasteiger partial charge >= 0.3 is 0 Å². The SMILES string of the molecule is CCN=C1S/C(=C\c2ccc(OC(C)Nc3ncccc3C)cc2)C(=O)N1CC. The molecule has 1 unspecified atom stereocenters. The third-order valence-corrected chi connectivity index (χ3v) is 5.38. The van der Waals surface area contributed by atoms with Crippen molar-refractivity contribution in [3.05, 3.63) is 58.6 Å². The van der Waals surface area contributed by atoms with E-state index in [9.17, 15) is 4.79 Å². The molecule has 2 aromatic rings. The van der Waals surface area contributed by atoms with E-state index in [1.807, 2.05) is 70.2 Å². The molecule has 6 nitrogen and oxygen atoms in total. The Morgan fingerprint density at radius 1 is 1.28 bits per heavy atom. The van der Waals surface area contributed by atoms with Crippen LogP contribution < -0.4 is 10.1 Å². The summed E-state index contributed by atoms with van der Waals surface area (Å²) in [6, 6.07) is 11.6. The average Bonchev–Trinajstić information content (AvgIpc) is 3.00. The van der Waals surface area contributed by atoms with Gasteiger partial charge in [-0.2, -0.15) is 0 Å². The highest BCUT2D eigenvalue weighted by atomic mass is 32.2. The smallest absolute Gasteiger partial charge is 0.266 e. The van der Waals surface area contributed by atoms with Crippen LogP contribution in [0.25, 0.3) is 6.08 Å². The maximum absolute atomic E-state index is 12.6. The molecule has 3 rings (SSSR count). The van der Waals surface area contributed by atoms with Gasteiger partial charge in [0.25, 0.3) is 5.91 Å². The zero-order valence-corrected chi connectivity index (χ0v) is 18.0. The summed E-state index contributed by atoms with van der Waals surface area (Å²) in [6.07, 6.45) is 3.42. The second-order valence-electron chi connectivity index (χ2n) is 6.56. The number of carbonyl (C=O) groups is 1. The van der Waals surface area contributed by atoms with Crippen LogP contribution in [-0.4, -0.2) is 40.3 Å². The lowest BCUT2D eigenvalue weighted by atomic mass is 10.2. The van der Waals surface area contributed by atoms with Gasteiger partial charge in [0.1, 0.15) is 11.6 Å². The molecule has 1 aliphatic heterocycles. The van der Waals surface area contributed by atoms with Crippen molar-refractivity contribution < 1.29 is 9.53 Å². The summed E-state index contributed by atoms with van der Waals surface area (Å²) >= 11 is 1.43. The third-order valence-electron chi connectivity index (χ3n) is 4.34. The second kappa shape index (κ2) is 9.60. The molecule has 29 heavy (non-hydrogen) atoms. The number of carbonyl (C=O) groups excluding carboxylic acids is 1.